The topological polar surface area (TPSA) is 28.2 Å². The van der Waals surface area contributed by atoms with E-state index in [1.54, 1.807) is 6.07 Å². The highest BCUT2D eigenvalue weighted by Crippen LogP contribution is 2.31. The normalized spacial score (nSPS) is 21.9. The predicted octanol–water partition coefficient (Wildman–Crippen LogP) is 3.07. The fraction of sp³-hybridized carbons (Fsp3) is 0.643. The Labute approximate surface area is 117 Å². The van der Waals surface area contributed by atoms with Crippen LogP contribution >= 0.6 is 0 Å². The van der Waals surface area contributed by atoms with E-state index in [1.807, 2.05) is 11.9 Å². The molecule has 1 aromatic rings. The van der Waals surface area contributed by atoms with Gasteiger partial charge in [-0.25, -0.2) is 4.98 Å². The molecule has 2 rings (SSSR count). The van der Waals surface area contributed by atoms with Gasteiger partial charge < -0.3 is 10.2 Å². The fourth-order valence-corrected chi connectivity index (χ4v) is 2.70. The maximum Gasteiger partial charge on any atom is 0.433 e. The van der Waals surface area contributed by atoms with Crippen molar-refractivity contribution in [3.8, 4) is 0 Å². The first kappa shape index (κ1) is 15.1. The van der Waals surface area contributed by atoms with Gasteiger partial charge in [-0.05, 0) is 45.4 Å². The van der Waals surface area contributed by atoms with Crippen molar-refractivity contribution >= 4 is 5.82 Å². The SMILES string of the molecule is CNC(C)C1CCCCN1c1cccc(C(F)(F)F)n1. The van der Waals surface area contributed by atoms with Crippen LogP contribution in [0.15, 0.2) is 18.2 Å². The Morgan fingerprint density at radius 2 is 2.10 bits per heavy atom. The fourth-order valence-electron chi connectivity index (χ4n) is 2.70. The molecule has 0 spiro atoms. The summed E-state index contributed by atoms with van der Waals surface area (Å²) in [4.78, 5) is 5.81. The number of rotatable bonds is 3. The van der Waals surface area contributed by atoms with Gasteiger partial charge in [-0.1, -0.05) is 6.07 Å². The van der Waals surface area contributed by atoms with Gasteiger partial charge in [-0.15, -0.1) is 0 Å². The maximum atomic E-state index is 12.8. The molecule has 0 radical (unpaired) electrons. The molecule has 0 aliphatic carbocycles. The van der Waals surface area contributed by atoms with Crippen LogP contribution in [0.5, 0.6) is 0 Å². The van der Waals surface area contributed by atoms with Gasteiger partial charge in [0.2, 0.25) is 0 Å². The number of hydrogen-bond acceptors (Lipinski definition) is 3. The van der Waals surface area contributed by atoms with E-state index >= 15 is 0 Å². The molecule has 2 unspecified atom stereocenters. The number of halogens is 3. The van der Waals surface area contributed by atoms with Crippen molar-refractivity contribution in [3.63, 3.8) is 0 Å². The Morgan fingerprint density at radius 3 is 2.75 bits per heavy atom. The smallest absolute Gasteiger partial charge is 0.352 e. The summed E-state index contributed by atoms with van der Waals surface area (Å²) in [7, 11) is 1.87. The van der Waals surface area contributed by atoms with Gasteiger partial charge >= 0.3 is 6.18 Å². The third kappa shape index (κ3) is 3.23. The average molecular weight is 287 g/mol. The molecule has 112 valence electrons. The molecule has 2 atom stereocenters. The van der Waals surface area contributed by atoms with E-state index in [4.69, 9.17) is 0 Å². The molecular weight excluding hydrogens is 267 g/mol. The number of aromatic nitrogens is 1. The summed E-state index contributed by atoms with van der Waals surface area (Å²) in [5, 5.41) is 3.19. The zero-order valence-corrected chi connectivity index (χ0v) is 11.7. The highest BCUT2D eigenvalue weighted by Gasteiger charge is 2.34. The molecule has 6 heteroatoms. The number of likely N-dealkylation sites (N-methyl/N-ethyl adjacent to an activating group) is 1. The third-order valence-electron chi connectivity index (χ3n) is 3.90. The van der Waals surface area contributed by atoms with Crippen LogP contribution in [0.3, 0.4) is 0 Å². The van der Waals surface area contributed by atoms with Crippen molar-refractivity contribution in [1.82, 2.24) is 10.3 Å². The molecule has 0 amide bonds. The molecule has 1 aliphatic heterocycles. The van der Waals surface area contributed by atoms with Crippen LogP contribution < -0.4 is 10.2 Å². The summed E-state index contributed by atoms with van der Waals surface area (Å²) in [6, 6.07) is 4.51. The van der Waals surface area contributed by atoms with E-state index in [1.165, 1.54) is 6.07 Å². The van der Waals surface area contributed by atoms with Crippen molar-refractivity contribution in [3.05, 3.63) is 23.9 Å². The van der Waals surface area contributed by atoms with Crippen molar-refractivity contribution < 1.29 is 13.2 Å². The van der Waals surface area contributed by atoms with E-state index in [2.05, 4.69) is 17.2 Å². The standard InChI is InChI=1S/C14H20F3N3/c1-10(18-2)11-6-3-4-9-20(11)13-8-5-7-12(19-13)14(15,16)17/h5,7-8,10-11,18H,3-4,6,9H2,1-2H3. The number of nitrogens with zero attached hydrogens (tertiary/aromatic N) is 2. The predicted molar refractivity (Wildman–Crippen MR) is 72.7 cm³/mol. The first-order valence-corrected chi connectivity index (χ1v) is 6.91. The molecule has 20 heavy (non-hydrogen) atoms. The largest absolute Gasteiger partial charge is 0.433 e. The number of anilines is 1. The molecule has 1 fully saturated rings. The zero-order chi connectivity index (χ0) is 14.8. The van der Waals surface area contributed by atoms with Crippen LogP contribution in [0, 0.1) is 0 Å². The molecular formula is C14H20F3N3. The van der Waals surface area contributed by atoms with Crippen molar-refractivity contribution in [2.45, 2.75) is 44.4 Å². The molecule has 1 N–H and O–H groups in total. The summed E-state index contributed by atoms with van der Waals surface area (Å²) in [5.74, 6) is 0.423. The Bertz CT molecular complexity index is 448. The molecule has 3 nitrogen and oxygen atoms in total. The quantitative estimate of drug-likeness (QED) is 0.926. The lowest BCUT2D eigenvalue weighted by Crippen LogP contribution is -2.50. The van der Waals surface area contributed by atoms with E-state index in [-0.39, 0.29) is 12.1 Å². The summed E-state index contributed by atoms with van der Waals surface area (Å²) >= 11 is 0. The van der Waals surface area contributed by atoms with Crippen molar-refractivity contribution in [2.75, 3.05) is 18.5 Å². The molecule has 0 saturated carbocycles. The third-order valence-corrected chi connectivity index (χ3v) is 3.90. The highest BCUT2D eigenvalue weighted by molar-refractivity contribution is 5.42. The number of piperidine rings is 1. The molecule has 0 bridgehead atoms. The first-order chi connectivity index (χ1) is 9.43. The lowest BCUT2D eigenvalue weighted by Gasteiger charge is -2.40. The van der Waals surface area contributed by atoms with Crippen molar-refractivity contribution in [2.24, 2.45) is 0 Å². The Balaban J connectivity index is 2.28. The van der Waals surface area contributed by atoms with E-state index in [9.17, 15) is 13.2 Å². The average Bonchev–Trinajstić information content (AvgIpc) is 2.45. The molecule has 2 heterocycles. The number of pyridine rings is 1. The number of hydrogen-bond donors (Lipinski definition) is 1. The van der Waals surface area contributed by atoms with Crippen molar-refractivity contribution in [1.29, 1.82) is 0 Å². The van der Waals surface area contributed by atoms with Gasteiger partial charge in [-0.2, -0.15) is 13.2 Å². The van der Waals surface area contributed by atoms with Gasteiger partial charge in [-0.3, -0.25) is 0 Å². The summed E-state index contributed by atoms with van der Waals surface area (Å²) < 4.78 is 38.3. The van der Waals surface area contributed by atoms with Crippen LogP contribution in [0.1, 0.15) is 31.9 Å². The van der Waals surface area contributed by atoms with Gasteiger partial charge in [0.05, 0.1) is 0 Å². The second kappa shape index (κ2) is 5.99. The van der Waals surface area contributed by atoms with Crippen LogP contribution in [0.25, 0.3) is 0 Å². The molecule has 1 aliphatic rings. The molecule has 1 saturated heterocycles. The van der Waals surface area contributed by atoms with Crippen LogP contribution in [-0.4, -0.2) is 30.7 Å². The lowest BCUT2D eigenvalue weighted by atomic mass is 9.96. The summed E-state index contributed by atoms with van der Waals surface area (Å²) in [5.41, 5.74) is -0.823. The van der Waals surface area contributed by atoms with Crippen LogP contribution in [0.4, 0.5) is 19.0 Å². The lowest BCUT2D eigenvalue weighted by molar-refractivity contribution is -0.141. The van der Waals surface area contributed by atoms with E-state index < -0.39 is 11.9 Å². The number of nitrogens with one attached hydrogen (secondary N) is 1. The highest BCUT2D eigenvalue weighted by atomic mass is 19.4. The summed E-state index contributed by atoms with van der Waals surface area (Å²) in [6.07, 6.45) is -1.33. The zero-order valence-electron chi connectivity index (χ0n) is 11.7. The van der Waals surface area contributed by atoms with E-state index in [0.29, 0.717) is 5.82 Å². The Morgan fingerprint density at radius 1 is 1.35 bits per heavy atom. The van der Waals surface area contributed by atoms with E-state index in [0.717, 1.165) is 31.9 Å². The molecule has 0 aromatic carbocycles. The van der Waals surface area contributed by atoms with Crippen LogP contribution in [-0.2, 0) is 6.18 Å². The van der Waals surface area contributed by atoms with Gasteiger partial charge in [0.15, 0.2) is 0 Å². The minimum absolute atomic E-state index is 0.185. The Hall–Kier alpha value is -1.30. The first-order valence-electron chi connectivity index (χ1n) is 6.91. The van der Waals surface area contributed by atoms with Gasteiger partial charge in [0.25, 0.3) is 0 Å². The molecule has 1 aromatic heterocycles. The summed E-state index contributed by atoms with van der Waals surface area (Å²) in [6.45, 7) is 2.81. The minimum atomic E-state index is -4.39. The second-order valence-electron chi connectivity index (χ2n) is 5.21. The monoisotopic (exact) mass is 287 g/mol. The maximum absolute atomic E-state index is 12.8. The number of alkyl halides is 3. The van der Waals surface area contributed by atoms with Gasteiger partial charge in [0, 0.05) is 18.6 Å². The second-order valence-corrected chi connectivity index (χ2v) is 5.21. The Kier molecular flexibility index (Phi) is 4.52. The van der Waals surface area contributed by atoms with Gasteiger partial charge in [0.1, 0.15) is 11.5 Å². The minimum Gasteiger partial charge on any atom is -0.352 e. The van der Waals surface area contributed by atoms with Crippen LogP contribution in [0.2, 0.25) is 0 Å².